The van der Waals surface area contributed by atoms with E-state index < -0.39 is 10.0 Å². The third-order valence-electron chi connectivity index (χ3n) is 3.52. The van der Waals surface area contributed by atoms with Crippen molar-refractivity contribution in [2.45, 2.75) is 25.3 Å². The topological polar surface area (TPSA) is 93.7 Å². The number of hydrogen-bond donors (Lipinski definition) is 2. The van der Waals surface area contributed by atoms with Crippen molar-refractivity contribution in [3.05, 3.63) is 48.0 Å². The maximum atomic E-state index is 12.6. The van der Waals surface area contributed by atoms with Gasteiger partial charge in [-0.25, -0.2) is 13.1 Å². The molecule has 0 aliphatic heterocycles. The van der Waals surface area contributed by atoms with E-state index in [1.165, 1.54) is 32.2 Å². The van der Waals surface area contributed by atoms with Gasteiger partial charge in [-0.1, -0.05) is 18.2 Å². The summed E-state index contributed by atoms with van der Waals surface area (Å²) in [4.78, 5) is 11.4. The van der Waals surface area contributed by atoms with E-state index in [-0.39, 0.29) is 17.3 Å². The van der Waals surface area contributed by atoms with E-state index in [1.807, 2.05) is 6.07 Å². The normalized spacial score (nSPS) is 11.0. The number of para-hydroxylation sites is 1. The fourth-order valence-corrected chi connectivity index (χ4v) is 3.38. The number of carbonyl (C=O) groups is 1. The zero-order valence-electron chi connectivity index (χ0n) is 14.9. The minimum Gasteiger partial charge on any atom is -0.496 e. The second kappa shape index (κ2) is 8.68. The summed E-state index contributed by atoms with van der Waals surface area (Å²) in [6, 6.07) is 11.5. The molecule has 0 saturated carbocycles. The number of anilines is 1. The molecule has 140 valence electrons. The SMILES string of the molecule is CCOc1ccc(S(=O)(=O)NCc2ccccc2OC)cc1NC(C)=O. The van der Waals surface area contributed by atoms with Gasteiger partial charge in [0.25, 0.3) is 0 Å². The molecular weight excluding hydrogens is 356 g/mol. The van der Waals surface area contributed by atoms with Gasteiger partial charge in [0.1, 0.15) is 11.5 Å². The Morgan fingerprint density at radius 1 is 1.12 bits per heavy atom. The highest BCUT2D eigenvalue weighted by Gasteiger charge is 2.18. The molecule has 0 atom stereocenters. The van der Waals surface area contributed by atoms with Crippen molar-refractivity contribution in [3.8, 4) is 11.5 Å². The van der Waals surface area contributed by atoms with Gasteiger partial charge in [0.15, 0.2) is 0 Å². The fourth-order valence-electron chi connectivity index (χ4n) is 2.35. The van der Waals surface area contributed by atoms with E-state index in [9.17, 15) is 13.2 Å². The predicted molar refractivity (Wildman–Crippen MR) is 98.9 cm³/mol. The van der Waals surface area contributed by atoms with Gasteiger partial charge in [-0.3, -0.25) is 4.79 Å². The first-order valence-corrected chi connectivity index (χ1v) is 9.51. The zero-order chi connectivity index (χ0) is 19.2. The van der Waals surface area contributed by atoms with Gasteiger partial charge >= 0.3 is 0 Å². The molecule has 0 radical (unpaired) electrons. The van der Waals surface area contributed by atoms with E-state index in [0.29, 0.717) is 29.4 Å². The van der Waals surface area contributed by atoms with Gasteiger partial charge in [-0.15, -0.1) is 0 Å². The number of ether oxygens (including phenoxy) is 2. The number of benzene rings is 2. The molecule has 1 amide bonds. The van der Waals surface area contributed by atoms with Crippen molar-refractivity contribution < 1.29 is 22.7 Å². The van der Waals surface area contributed by atoms with E-state index in [4.69, 9.17) is 9.47 Å². The lowest BCUT2D eigenvalue weighted by atomic mass is 10.2. The average Bonchev–Trinajstić information content (AvgIpc) is 2.61. The third-order valence-corrected chi connectivity index (χ3v) is 4.92. The molecule has 0 saturated heterocycles. The second-order valence-electron chi connectivity index (χ2n) is 5.41. The van der Waals surface area contributed by atoms with E-state index in [1.54, 1.807) is 25.1 Å². The van der Waals surface area contributed by atoms with Crippen LogP contribution in [0.5, 0.6) is 11.5 Å². The van der Waals surface area contributed by atoms with Crippen LogP contribution in [0, 0.1) is 0 Å². The molecule has 0 bridgehead atoms. The van der Waals surface area contributed by atoms with Crippen molar-refractivity contribution in [2.24, 2.45) is 0 Å². The fraction of sp³-hybridized carbons (Fsp3) is 0.278. The van der Waals surface area contributed by atoms with Crippen LogP contribution in [0.15, 0.2) is 47.4 Å². The highest BCUT2D eigenvalue weighted by molar-refractivity contribution is 7.89. The molecule has 0 unspecified atom stereocenters. The molecule has 0 aliphatic carbocycles. The second-order valence-corrected chi connectivity index (χ2v) is 7.18. The summed E-state index contributed by atoms with van der Waals surface area (Å²) in [6.07, 6.45) is 0. The summed E-state index contributed by atoms with van der Waals surface area (Å²) in [5.41, 5.74) is 1.02. The Kier molecular flexibility index (Phi) is 6.59. The van der Waals surface area contributed by atoms with Crippen LogP contribution in [0.2, 0.25) is 0 Å². The quantitative estimate of drug-likeness (QED) is 0.736. The molecule has 0 fully saturated rings. The first kappa shape index (κ1) is 19.7. The van der Waals surface area contributed by atoms with Gasteiger partial charge < -0.3 is 14.8 Å². The lowest BCUT2D eigenvalue weighted by molar-refractivity contribution is -0.114. The zero-order valence-corrected chi connectivity index (χ0v) is 15.7. The highest BCUT2D eigenvalue weighted by atomic mass is 32.2. The lowest BCUT2D eigenvalue weighted by Gasteiger charge is -2.14. The van der Waals surface area contributed by atoms with Crippen molar-refractivity contribution in [3.63, 3.8) is 0 Å². The summed E-state index contributed by atoms with van der Waals surface area (Å²) in [5, 5.41) is 2.59. The Bertz CT molecular complexity index is 881. The summed E-state index contributed by atoms with van der Waals surface area (Å²) in [7, 11) is -2.26. The first-order chi connectivity index (χ1) is 12.4. The molecule has 0 aliphatic rings. The first-order valence-electron chi connectivity index (χ1n) is 8.03. The Balaban J connectivity index is 2.26. The van der Waals surface area contributed by atoms with Crippen molar-refractivity contribution in [2.75, 3.05) is 19.0 Å². The number of rotatable bonds is 8. The van der Waals surface area contributed by atoms with Crippen LogP contribution in [-0.2, 0) is 21.4 Å². The molecule has 0 heterocycles. The Labute approximate surface area is 153 Å². The smallest absolute Gasteiger partial charge is 0.240 e. The summed E-state index contributed by atoms with van der Waals surface area (Å²) in [6.45, 7) is 3.62. The molecule has 8 heteroatoms. The number of methoxy groups -OCH3 is 1. The Morgan fingerprint density at radius 3 is 2.50 bits per heavy atom. The number of carbonyl (C=O) groups excluding carboxylic acids is 1. The third kappa shape index (κ3) is 4.96. The van der Waals surface area contributed by atoms with Gasteiger partial charge in [0.05, 0.1) is 24.3 Å². The van der Waals surface area contributed by atoms with Crippen LogP contribution >= 0.6 is 0 Å². The molecule has 0 aromatic heterocycles. The van der Waals surface area contributed by atoms with Crippen LogP contribution in [0.1, 0.15) is 19.4 Å². The maximum absolute atomic E-state index is 12.6. The van der Waals surface area contributed by atoms with Crippen LogP contribution in [0.4, 0.5) is 5.69 Å². The minimum atomic E-state index is -3.79. The number of nitrogens with one attached hydrogen (secondary N) is 2. The largest absolute Gasteiger partial charge is 0.496 e. The summed E-state index contributed by atoms with van der Waals surface area (Å²) >= 11 is 0. The standard InChI is InChI=1S/C18H22N2O5S/c1-4-25-18-10-9-15(11-16(18)20-13(2)21)26(22,23)19-12-14-7-5-6-8-17(14)24-3/h5-11,19H,4,12H2,1-3H3,(H,20,21). The average molecular weight is 378 g/mol. The Hall–Kier alpha value is -2.58. The highest BCUT2D eigenvalue weighted by Crippen LogP contribution is 2.28. The molecule has 7 nitrogen and oxygen atoms in total. The predicted octanol–water partition coefficient (Wildman–Crippen LogP) is 2.53. The van der Waals surface area contributed by atoms with Crippen LogP contribution in [0.3, 0.4) is 0 Å². The molecule has 26 heavy (non-hydrogen) atoms. The van der Waals surface area contributed by atoms with Gasteiger partial charge in [-0.05, 0) is 31.2 Å². The number of sulfonamides is 1. The summed E-state index contributed by atoms with van der Waals surface area (Å²) < 4.78 is 38.4. The van der Waals surface area contributed by atoms with Crippen molar-refractivity contribution in [1.29, 1.82) is 0 Å². The summed E-state index contributed by atoms with van der Waals surface area (Å²) in [5.74, 6) is 0.690. The minimum absolute atomic E-state index is 0.0274. The molecule has 2 aromatic carbocycles. The lowest BCUT2D eigenvalue weighted by Crippen LogP contribution is -2.23. The van der Waals surface area contributed by atoms with Crippen LogP contribution in [-0.4, -0.2) is 28.0 Å². The van der Waals surface area contributed by atoms with E-state index >= 15 is 0 Å². The van der Waals surface area contributed by atoms with E-state index in [2.05, 4.69) is 10.0 Å². The molecule has 0 spiro atoms. The van der Waals surface area contributed by atoms with Crippen LogP contribution in [0.25, 0.3) is 0 Å². The van der Waals surface area contributed by atoms with Crippen molar-refractivity contribution >= 4 is 21.6 Å². The van der Waals surface area contributed by atoms with Crippen LogP contribution < -0.4 is 19.5 Å². The number of hydrogen-bond acceptors (Lipinski definition) is 5. The molecule has 2 rings (SSSR count). The van der Waals surface area contributed by atoms with Gasteiger partial charge in [0, 0.05) is 19.0 Å². The van der Waals surface area contributed by atoms with Crippen molar-refractivity contribution in [1.82, 2.24) is 4.72 Å². The number of amides is 1. The molecular formula is C18H22N2O5S. The Morgan fingerprint density at radius 2 is 1.85 bits per heavy atom. The van der Waals surface area contributed by atoms with E-state index in [0.717, 1.165) is 0 Å². The molecule has 2 aromatic rings. The van der Waals surface area contributed by atoms with Gasteiger partial charge in [0.2, 0.25) is 15.9 Å². The monoisotopic (exact) mass is 378 g/mol. The van der Waals surface area contributed by atoms with Gasteiger partial charge in [-0.2, -0.15) is 0 Å². The maximum Gasteiger partial charge on any atom is 0.240 e. The molecule has 2 N–H and O–H groups in total.